The minimum Gasteiger partial charge on any atom is -0.449 e. The Labute approximate surface area is 152 Å². The van der Waals surface area contributed by atoms with Crippen LogP contribution in [0.15, 0.2) is 0 Å². The van der Waals surface area contributed by atoms with E-state index >= 15 is 0 Å². The molecular weight excluding hydrogens is 443 g/mol. The summed E-state index contributed by atoms with van der Waals surface area (Å²) in [6.45, 7) is -0.791. The van der Waals surface area contributed by atoms with Crippen LogP contribution in [-0.2, 0) is 38.1 Å². The Kier molecular flexibility index (Phi) is 5.95. The maximum absolute atomic E-state index is 12.5. The molecule has 2 aliphatic heterocycles. The van der Waals surface area contributed by atoms with E-state index in [1.807, 2.05) is 0 Å². The molecule has 0 spiro atoms. The zero-order valence-electron chi connectivity index (χ0n) is 13.3. The maximum atomic E-state index is 12.5. The highest BCUT2D eigenvalue weighted by Gasteiger charge is 2.60. The topological polar surface area (TPSA) is 97.4 Å². The van der Waals surface area contributed by atoms with E-state index in [1.54, 1.807) is 0 Å². The predicted molar refractivity (Wildman–Crippen MR) is 62.4 cm³/mol. The van der Waals surface area contributed by atoms with Crippen LogP contribution in [0.4, 0.5) is 39.5 Å². The zero-order valence-corrected chi connectivity index (χ0v) is 13.3. The molecule has 2 bridgehead atoms. The summed E-state index contributed by atoms with van der Waals surface area (Å²) in [6, 6.07) is 0. The van der Waals surface area contributed by atoms with Gasteiger partial charge in [0.15, 0.2) is 24.6 Å². The maximum Gasteiger partial charge on any atom is 0.490 e. The second kappa shape index (κ2) is 7.51. The molecule has 0 N–H and O–H groups in total. The Morgan fingerprint density at radius 1 is 0.655 bits per heavy atom. The number of carbonyl (C=O) groups is 3. The standard InChI is InChI=1S/C12H7F9O8/c13-10(14,15)7(22)27-3-2-1-25-6(26-2)5(29-9(24)12(19,20)21)4(3)28-8(23)11(16,17)18/h2-6H,1H2. The first-order chi connectivity index (χ1) is 13.0. The first kappa shape index (κ1) is 23.0. The molecular formula is C12H7F9O8. The van der Waals surface area contributed by atoms with Crippen LogP contribution in [0.2, 0.25) is 0 Å². The fourth-order valence-corrected chi connectivity index (χ4v) is 2.31. The molecule has 17 heteroatoms. The van der Waals surface area contributed by atoms with E-state index in [1.165, 1.54) is 0 Å². The van der Waals surface area contributed by atoms with Crippen molar-refractivity contribution in [3.8, 4) is 0 Å². The molecule has 2 rings (SSSR count). The second-order valence-corrected chi connectivity index (χ2v) is 5.48. The molecule has 0 aromatic carbocycles. The highest BCUT2D eigenvalue weighted by Crippen LogP contribution is 2.37. The van der Waals surface area contributed by atoms with Crippen LogP contribution in [-0.4, -0.2) is 73.7 Å². The third-order valence-corrected chi connectivity index (χ3v) is 3.44. The molecule has 0 aromatic rings. The number of hydrogen-bond acceptors (Lipinski definition) is 8. The van der Waals surface area contributed by atoms with Crippen LogP contribution in [0.3, 0.4) is 0 Å². The number of hydrogen-bond donors (Lipinski definition) is 0. The Morgan fingerprint density at radius 2 is 1.03 bits per heavy atom. The summed E-state index contributed by atoms with van der Waals surface area (Å²) < 4.78 is 133. The summed E-state index contributed by atoms with van der Waals surface area (Å²) in [7, 11) is 0. The van der Waals surface area contributed by atoms with Gasteiger partial charge in [0.2, 0.25) is 0 Å². The Bertz CT molecular complexity index is 628. The summed E-state index contributed by atoms with van der Waals surface area (Å²) in [6.07, 6.45) is -28.8. The van der Waals surface area contributed by atoms with Gasteiger partial charge in [-0.3, -0.25) is 0 Å². The van der Waals surface area contributed by atoms with Crippen molar-refractivity contribution in [2.75, 3.05) is 6.61 Å². The number of halogens is 9. The monoisotopic (exact) mass is 450 g/mol. The largest absolute Gasteiger partial charge is 0.490 e. The van der Waals surface area contributed by atoms with Crippen LogP contribution in [0.25, 0.3) is 0 Å². The van der Waals surface area contributed by atoms with Crippen LogP contribution in [0, 0.1) is 0 Å². The van der Waals surface area contributed by atoms with Crippen molar-refractivity contribution in [3.63, 3.8) is 0 Å². The average molecular weight is 450 g/mol. The third kappa shape index (κ3) is 5.20. The number of ether oxygens (including phenoxy) is 5. The van der Waals surface area contributed by atoms with Crippen LogP contribution in [0.1, 0.15) is 0 Å². The van der Waals surface area contributed by atoms with Crippen LogP contribution >= 0.6 is 0 Å². The van der Waals surface area contributed by atoms with Crippen LogP contribution in [0.5, 0.6) is 0 Å². The SMILES string of the molecule is O=C(OC1C2COC(O2)C(OC(=O)C(F)(F)F)C1OC(=O)C(F)(F)F)C(F)(F)F. The molecule has 0 aliphatic carbocycles. The second-order valence-electron chi connectivity index (χ2n) is 5.48. The van der Waals surface area contributed by atoms with Crippen molar-refractivity contribution in [2.45, 2.75) is 49.2 Å². The predicted octanol–water partition coefficient (Wildman–Crippen LogP) is 1.16. The molecule has 0 amide bonds. The average Bonchev–Trinajstić information content (AvgIpc) is 2.97. The highest BCUT2D eigenvalue weighted by molar-refractivity contribution is 5.77. The van der Waals surface area contributed by atoms with Gasteiger partial charge in [-0.2, -0.15) is 39.5 Å². The molecule has 8 nitrogen and oxygen atoms in total. The van der Waals surface area contributed by atoms with Gasteiger partial charge in [0.1, 0.15) is 6.10 Å². The molecule has 2 heterocycles. The van der Waals surface area contributed by atoms with Crippen molar-refractivity contribution in [1.29, 1.82) is 0 Å². The lowest BCUT2D eigenvalue weighted by Gasteiger charge is -2.39. The van der Waals surface area contributed by atoms with E-state index in [4.69, 9.17) is 4.74 Å². The Morgan fingerprint density at radius 3 is 1.45 bits per heavy atom. The lowest BCUT2D eigenvalue weighted by Crippen LogP contribution is -2.60. The van der Waals surface area contributed by atoms with E-state index in [-0.39, 0.29) is 0 Å². The lowest BCUT2D eigenvalue weighted by atomic mass is 10.00. The van der Waals surface area contributed by atoms with E-state index in [2.05, 4.69) is 18.9 Å². The molecule has 0 aromatic heterocycles. The van der Waals surface area contributed by atoms with E-state index in [0.29, 0.717) is 0 Å². The highest BCUT2D eigenvalue weighted by atomic mass is 19.4. The molecule has 166 valence electrons. The molecule has 29 heavy (non-hydrogen) atoms. The minimum absolute atomic E-state index is 0.791. The molecule has 5 unspecified atom stereocenters. The van der Waals surface area contributed by atoms with Gasteiger partial charge in [-0.15, -0.1) is 0 Å². The number of carbonyl (C=O) groups excluding carboxylic acids is 3. The van der Waals surface area contributed by atoms with Gasteiger partial charge >= 0.3 is 36.4 Å². The smallest absolute Gasteiger partial charge is 0.449 e. The van der Waals surface area contributed by atoms with Crippen LogP contribution < -0.4 is 0 Å². The van der Waals surface area contributed by atoms with Gasteiger partial charge in [-0.05, 0) is 0 Å². The number of alkyl halides is 9. The first-order valence-electron chi connectivity index (χ1n) is 7.12. The van der Waals surface area contributed by atoms with Gasteiger partial charge < -0.3 is 23.7 Å². The van der Waals surface area contributed by atoms with E-state index in [9.17, 15) is 53.9 Å². The van der Waals surface area contributed by atoms with Gasteiger partial charge in [-0.1, -0.05) is 0 Å². The van der Waals surface area contributed by atoms with Crippen molar-refractivity contribution in [1.82, 2.24) is 0 Å². The zero-order chi connectivity index (χ0) is 22.4. The molecule has 0 radical (unpaired) electrons. The summed E-state index contributed by atoms with van der Waals surface area (Å²) in [4.78, 5) is 33.1. The molecule has 2 fully saturated rings. The Balaban J connectivity index is 2.37. The van der Waals surface area contributed by atoms with Crippen molar-refractivity contribution in [3.05, 3.63) is 0 Å². The lowest BCUT2D eigenvalue weighted by molar-refractivity contribution is -0.277. The van der Waals surface area contributed by atoms with Crippen molar-refractivity contribution >= 4 is 17.9 Å². The summed E-state index contributed by atoms with van der Waals surface area (Å²) >= 11 is 0. The van der Waals surface area contributed by atoms with Gasteiger partial charge in [-0.25, -0.2) is 14.4 Å². The Hall–Kier alpha value is -2.30. The van der Waals surface area contributed by atoms with E-state index < -0.39 is 73.7 Å². The van der Waals surface area contributed by atoms with Crippen molar-refractivity contribution in [2.24, 2.45) is 0 Å². The molecule has 2 saturated heterocycles. The number of esters is 3. The summed E-state index contributed by atoms with van der Waals surface area (Å²) in [5.41, 5.74) is 0. The quantitative estimate of drug-likeness (QED) is 0.359. The summed E-state index contributed by atoms with van der Waals surface area (Å²) in [5.74, 6) is -9.05. The fourth-order valence-electron chi connectivity index (χ4n) is 2.31. The van der Waals surface area contributed by atoms with Crippen molar-refractivity contribution < 1.29 is 77.6 Å². The minimum atomic E-state index is -5.74. The summed E-state index contributed by atoms with van der Waals surface area (Å²) in [5, 5.41) is 0. The third-order valence-electron chi connectivity index (χ3n) is 3.44. The number of fused-ring (bicyclic) bond motifs is 2. The molecule has 2 aliphatic rings. The number of rotatable bonds is 3. The van der Waals surface area contributed by atoms with E-state index in [0.717, 1.165) is 0 Å². The molecule has 5 atom stereocenters. The van der Waals surface area contributed by atoms with Gasteiger partial charge in [0, 0.05) is 0 Å². The first-order valence-corrected chi connectivity index (χ1v) is 7.12. The molecule has 0 saturated carbocycles. The normalized spacial score (nSPS) is 29.9. The fraction of sp³-hybridized carbons (Fsp3) is 0.750. The van der Waals surface area contributed by atoms with Gasteiger partial charge in [0.25, 0.3) is 0 Å². The van der Waals surface area contributed by atoms with Gasteiger partial charge in [0.05, 0.1) is 6.61 Å².